The minimum Gasteiger partial charge on any atom is -0.381 e. The summed E-state index contributed by atoms with van der Waals surface area (Å²) in [5, 5.41) is 11.4. The summed E-state index contributed by atoms with van der Waals surface area (Å²) in [4.78, 5) is 10.8. The highest BCUT2D eigenvalue weighted by Crippen LogP contribution is 2.48. The Labute approximate surface area is 170 Å². The molecule has 1 aliphatic rings. The van der Waals surface area contributed by atoms with Crippen molar-refractivity contribution in [1.29, 1.82) is 0 Å². The molecule has 1 aliphatic heterocycles. The van der Waals surface area contributed by atoms with Gasteiger partial charge in [-0.3, -0.25) is 10.1 Å². The standard InChI is InChI=1S/C19H16F3NO6S/c1-12(29-30(26,27)19(20,21)22)15-11-17(13-7-3-2-4-8-13)28-18(15)14-9-5-6-10-16(14)23(24)25/h2-10,17-18H,11H2,1H3/b15-12+/t17-,18-/m1/s1. The van der Waals surface area contributed by atoms with Crippen molar-refractivity contribution in [1.82, 2.24) is 0 Å². The first-order valence-electron chi connectivity index (χ1n) is 8.65. The van der Waals surface area contributed by atoms with E-state index in [1.54, 1.807) is 30.3 Å². The number of para-hydroxylation sites is 1. The maximum atomic E-state index is 12.8. The predicted octanol–water partition coefficient (Wildman–Crippen LogP) is 4.94. The van der Waals surface area contributed by atoms with E-state index in [1.165, 1.54) is 24.3 Å². The number of nitrogens with zero attached hydrogens (tertiary/aromatic N) is 1. The molecule has 0 bridgehead atoms. The molecule has 7 nitrogen and oxygen atoms in total. The highest BCUT2D eigenvalue weighted by molar-refractivity contribution is 7.87. The number of alkyl halides is 3. The molecule has 1 heterocycles. The number of nitro benzene ring substituents is 1. The van der Waals surface area contributed by atoms with Gasteiger partial charge < -0.3 is 8.92 Å². The summed E-state index contributed by atoms with van der Waals surface area (Å²) in [5.74, 6) is -0.533. The molecule has 0 N–H and O–H groups in total. The van der Waals surface area contributed by atoms with Crippen molar-refractivity contribution in [3.63, 3.8) is 0 Å². The van der Waals surface area contributed by atoms with Crippen LogP contribution in [0.1, 0.15) is 36.7 Å². The number of ether oxygens (including phenoxy) is 1. The van der Waals surface area contributed by atoms with E-state index < -0.39 is 38.5 Å². The number of hydrogen-bond donors (Lipinski definition) is 0. The van der Waals surface area contributed by atoms with Crippen LogP contribution in [-0.2, 0) is 19.0 Å². The van der Waals surface area contributed by atoms with Crippen molar-refractivity contribution in [2.24, 2.45) is 0 Å². The van der Waals surface area contributed by atoms with E-state index in [1.807, 2.05) is 0 Å². The fraction of sp³-hybridized carbons (Fsp3) is 0.263. The van der Waals surface area contributed by atoms with Crippen LogP contribution in [0.15, 0.2) is 65.9 Å². The van der Waals surface area contributed by atoms with Crippen molar-refractivity contribution in [3.8, 4) is 0 Å². The van der Waals surface area contributed by atoms with Crippen LogP contribution in [0.25, 0.3) is 0 Å². The average Bonchev–Trinajstić information content (AvgIpc) is 3.13. The molecule has 3 rings (SSSR count). The van der Waals surface area contributed by atoms with Gasteiger partial charge in [0.2, 0.25) is 0 Å². The molecule has 0 unspecified atom stereocenters. The van der Waals surface area contributed by atoms with Gasteiger partial charge in [0.05, 0.1) is 16.6 Å². The summed E-state index contributed by atoms with van der Waals surface area (Å²) in [5.41, 5.74) is -5.07. The number of rotatable bonds is 5. The van der Waals surface area contributed by atoms with E-state index in [2.05, 4.69) is 4.18 Å². The molecule has 0 spiro atoms. The van der Waals surface area contributed by atoms with E-state index in [-0.39, 0.29) is 23.2 Å². The molecule has 160 valence electrons. The lowest BCUT2D eigenvalue weighted by atomic mass is 9.96. The van der Waals surface area contributed by atoms with E-state index in [0.29, 0.717) is 5.56 Å². The van der Waals surface area contributed by atoms with Gasteiger partial charge in [-0.05, 0) is 18.6 Å². The zero-order chi connectivity index (χ0) is 22.1. The van der Waals surface area contributed by atoms with Crippen LogP contribution in [-0.4, -0.2) is 18.8 Å². The second-order valence-electron chi connectivity index (χ2n) is 6.50. The third kappa shape index (κ3) is 4.31. The van der Waals surface area contributed by atoms with E-state index in [4.69, 9.17) is 4.74 Å². The molecule has 0 saturated carbocycles. The van der Waals surface area contributed by atoms with Gasteiger partial charge in [-0.1, -0.05) is 42.5 Å². The number of benzene rings is 2. The van der Waals surface area contributed by atoms with Gasteiger partial charge in [-0.25, -0.2) is 0 Å². The SMILES string of the molecule is C/C(OS(=O)(=O)C(F)(F)F)=C1/C[C@H](c2ccccc2)O[C@@H]1c1ccccc1[N+](=O)[O-]. The normalized spacial score (nSPS) is 21.3. The lowest BCUT2D eigenvalue weighted by Gasteiger charge is -2.17. The predicted molar refractivity (Wildman–Crippen MR) is 99.5 cm³/mol. The van der Waals surface area contributed by atoms with Crippen molar-refractivity contribution in [3.05, 3.63) is 87.2 Å². The first kappa shape index (κ1) is 21.8. The Kier molecular flexibility index (Phi) is 5.86. The van der Waals surface area contributed by atoms with E-state index in [0.717, 1.165) is 6.92 Å². The molecule has 2 aromatic rings. The molecule has 1 saturated heterocycles. The minimum atomic E-state index is -5.90. The molecular weight excluding hydrogens is 427 g/mol. The van der Waals surface area contributed by atoms with Gasteiger partial charge in [0, 0.05) is 18.1 Å². The molecule has 2 aromatic carbocycles. The molecule has 2 atom stereocenters. The van der Waals surface area contributed by atoms with Gasteiger partial charge >= 0.3 is 15.6 Å². The third-order valence-corrected chi connectivity index (χ3v) is 5.62. The first-order valence-corrected chi connectivity index (χ1v) is 10.1. The fourth-order valence-electron chi connectivity index (χ4n) is 3.20. The van der Waals surface area contributed by atoms with Crippen LogP contribution in [0.4, 0.5) is 18.9 Å². The summed E-state index contributed by atoms with van der Waals surface area (Å²) >= 11 is 0. The Balaban J connectivity index is 2.09. The zero-order valence-electron chi connectivity index (χ0n) is 15.5. The second-order valence-corrected chi connectivity index (χ2v) is 8.04. The molecule has 11 heteroatoms. The van der Waals surface area contributed by atoms with Gasteiger partial charge in [0.1, 0.15) is 11.9 Å². The van der Waals surface area contributed by atoms with Crippen LogP contribution in [0.5, 0.6) is 0 Å². The highest BCUT2D eigenvalue weighted by Gasteiger charge is 2.49. The summed E-state index contributed by atoms with van der Waals surface area (Å²) in [6, 6.07) is 14.3. The molecule has 0 amide bonds. The molecule has 0 aliphatic carbocycles. The largest absolute Gasteiger partial charge is 0.534 e. The van der Waals surface area contributed by atoms with Crippen molar-refractivity contribution < 1.29 is 35.4 Å². The van der Waals surface area contributed by atoms with Gasteiger partial charge in [0.25, 0.3) is 5.69 Å². The lowest BCUT2D eigenvalue weighted by Crippen LogP contribution is -2.25. The average molecular weight is 443 g/mol. The number of allylic oxidation sites excluding steroid dienone is 1. The summed E-state index contributed by atoms with van der Waals surface area (Å²) in [6.07, 6.45) is -1.81. The van der Waals surface area contributed by atoms with Gasteiger partial charge in [-0.15, -0.1) is 0 Å². The monoisotopic (exact) mass is 443 g/mol. The lowest BCUT2D eigenvalue weighted by molar-refractivity contribution is -0.386. The van der Waals surface area contributed by atoms with Gasteiger partial charge in [-0.2, -0.15) is 21.6 Å². The number of nitro groups is 1. The minimum absolute atomic E-state index is 0.0000605. The Hall–Kier alpha value is -2.92. The van der Waals surface area contributed by atoms with E-state index >= 15 is 0 Å². The number of halogens is 3. The molecule has 30 heavy (non-hydrogen) atoms. The van der Waals surface area contributed by atoms with Crippen molar-refractivity contribution >= 4 is 15.8 Å². The van der Waals surface area contributed by atoms with Crippen LogP contribution < -0.4 is 0 Å². The summed E-state index contributed by atoms with van der Waals surface area (Å²) < 4.78 is 71.4. The molecule has 1 fully saturated rings. The van der Waals surface area contributed by atoms with Crippen LogP contribution in [0, 0.1) is 10.1 Å². The fourth-order valence-corrected chi connectivity index (χ4v) is 3.73. The zero-order valence-corrected chi connectivity index (χ0v) is 16.3. The second kappa shape index (κ2) is 8.07. The summed E-state index contributed by atoms with van der Waals surface area (Å²) in [6.45, 7) is 1.07. The Morgan fingerprint density at radius 1 is 1.13 bits per heavy atom. The Morgan fingerprint density at radius 3 is 2.33 bits per heavy atom. The topological polar surface area (TPSA) is 95.7 Å². The first-order chi connectivity index (χ1) is 14.0. The Bertz CT molecular complexity index is 1080. The molecule has 0 aromatic heterocycles. The number of hydrogen-bond acceptors (Lipinski definition) is 6. The highest BCUT2D eigenvalue weighted by atomic mass is 32.2. The van der Waals surface area contributed by atoms with Crippen molar-refractivity contribution in [2.75, 3.05) is 0 Å². The van der Waals surface area contributed by atoms with Gasteiger partial charge in [0.15, 0.2) is 0 Å². The van der Waals surface area contributed by atoms with Crippen LogP contribution in [0.3, 0.4) is 0 Å². The third-order valence-electron chi connectivity index (χ3n) is 4.58. The quantitative estimate of drug-likeness (QED) is 0.214. The maximum Gasteiger partial charge on any atom is 0.534 e. The molecular formula is C19H16F3NO6S. The van der Waals surface area contributed by atoms with Crippen LogP contribution in [0.2, 0.25) is 0 Å². The summed E-state index contributed by atoms with van der Waals surface area (Å²) in [7, 11) is -5.90. The Morgan fingerprint density at radius 2 is 1.73 bits per heavy atom. The molecule has 0 radical (unpaired) electrons. The van der Waals surface area contributed by atoms with E-state index in [9.17, 15) is 31.7 Å². The van der Waals surface area contributed by atoms with Crippen molar-refractivity contribution in [2.45, 2.75) is 31.1 Å². The maximum absolute atomic E-state index is 12.8. The smallest absolute Gasteiger partial charge is 0.381 e. The van der Waals surface area contributed by atoms with Crippen LogP contribution >= 0.6 is 0 Å².